The molecule has 1 N–H and O–H groups in total. The third-order valence-electron chi connectivity index (χ3n) is 6.78. The highest BCUT2D eigenvalue weighted by Crippen LogP contribution is 2.33. The molecule has 2 aromatic heterocycles. The quantitative estimate of drug-likeness (QED) is 0.162. The maximum absolute atomic E-state index is 12.7. The van der Waals surface area contributed by atoms with E-state index in [2.05, 4.69) is 53.5 Å². The lowest BCUT2D eigenvalue weighted by atomic mass is 9.95. The maximum atomic E-state index is 12.7. The fraction of sp³-hybridized carbons (Fsp3) is 0.414. The summed E-state index contributed by atoms with van der Waals surface area (Å²) in [6.45, 7) is 6.84. The van der Waals surface area contributed by atoms with Gasteiger partial charge in [-0.2, -0.15) is 0 Å². The Balaban J connectivity index is 1.33. The Bertz CT molecular complexity index is 1330. The summed E-state index contributed by atoms with van der Waals surface area (Å²) < 4.78 is 6.53. The Hall–Kier alpha value is -2.97. The number of hydrogen-bond donors (Lipinski definition) is 1. The smallest absolute Gasteiger partial charge is 0.358 e. The zero-order valence-corrected chi connectivity index (χ0v) is 23.2. The van der Waals surface area contributed by atoms with E-state index >= 15 is 0 Å². The Labute approximate surface area is 226 Å². The lowest BCUT2D eigenvalue weighted by Crippen LogP contribution is -2.31. The van der Waals surface area contributed by atoms with E-state index in [1.54, 1.807) is 22.7 Å². The summed E-state index contributed by atoms with van der Waals surface area (Å²) in [5.74, 6) is -0.298. The molecule has 6 nitrogen and oxygen atoms in total. The van der Waals surface area contributed by atoms with Crippen molar-refractivity contribution in [2.24, 2.45) is 0 Å². The van der Waals surface area contributed by atoms with Gasteiger partial charge in [-0.1, -0.05) is 67.9 Å². The van der Waals surface area contributed by atoms with Crippen LogP contribution < -0.4 is 10.2 Å². The van der Waals surface area contributed by atoms with Gasteiger partial charge in [0.1, 0.15) is 0 Å². The number of carbonyl (C=O) groups excluding carboxylic acids is 1. The van der Waals surface area contributed by atoms with Gasteiger partial charge in [0.05, 0.1) is 16.8 Å². The molecule has 0 bridgehead atoms. The van der Waals surface area contributed by atoms with E-state index in [0.717, 1.165) is 59.6 Å². The molecular weight excluding hydrogens is 500 g/mol. The van der Waals surface area contributed by atoms with Gasteiger partial charge in [0.25, 0.3) is 0 Å². The summed E-state index contributed by atoms with van der Waals surface area (Å²) in [5, 5.41) is 5.41. The average Bonchev–Trinajstić information content (AvgIpc) is 3.54. The summed E-state index contributed by atoms with van der Waals surface area (Å²) in [4.78, 5) is 25.6. The van der Waals surface area contributed by atoms with Crippen molar-refractivity contribution in [1.82, 2.24) is 9.97 Å². The van der Waals surface area contributed by atoms with Crippen LogP contribution in [0.2, 0.25) is 0 Å². The fourth-order valence-corrected chi connectivity index (χ4v) is 6.79. The van der Waals surface area contributed by atoms with Crippen LogP contribution >= 0.6 is 22.7 Å². The second-order valence-electron chi connectivity index (χ2n) is 9.37. The van der Waals surface area contributed by atoms with E-state index in [1.165, 1.54) is 40.7 Å². The first-order chi connectivity index (χ1) is 18.2. The zero-order valence-electron chi connectivity index (χ0n) is 21.6. The number of fused-ring (bicyclic) bond motifs is 2. The maximum Gasteiger partial charge on any atom is 0.358 e. The van der Waals surface area contributed by atoms with E-state index < -0.39 is 0 Å². The Morgan fingerprint density at radius 3 is 2.78 bits per heavy atom. The first-order valence-electron chi connectivity index (χ1n) is 13.3. The van der Waals surface area contributed by atoms with E-state index in [1.807, 2.05) is 13.0 Å². The number of unbranched alkanes of at least 4 members (excludes halogenated alkanes) is 3. The minimum atomic E-state index is -0.298. The van der Waals surface area contributed by atoms with Crippen molar-refractivity contribution >= 4 is 49.1 Å². The number of anilines is 2. The lowest BCUT2D eigenvalue weighted by Gasteiger charge is -2.30. The lowest BCUT2D eigenvalue weighted by molar-refractivity contribution is 0.0519. The van der Waals surface area contributed by atoms with E-state index in [9.17, 15) is 4.79 Å². The number of nitrogens with one attached hydrogen (secondary N) is 1. The largest absolute Gasteiger partial charge is 0.461 e. The molecule has 0 atom stereocenters. The average molecular weight is 535 g/mol. The van der Waals surface area contributed by atoms with Crippen molar-refractivity contribution in [2.75, 3.05) is 23.4 Å². The van der Waals surface area contributed by atoms with Gasteiger partial charge in [-0.25, -0.2) is 14.8 Å². The molecule has 0 saturated carbocycles. The van der Waals surface area contributed by atoms with Crippen molar-refractivity contribution in [3.8, 4) is 0 Å². The second kappa shape index (κ2) is 12.0. The molecule has 194 valence electrons. The van der Waals surface area contributed by atoms with E-state index in [0.29, 0.717) is 12.3 Å². The van der Waals surface area contributed by atoms with Gasteiger partial charge in [-0.15, -0.1) is 11.3 Å². The van der Waals surface area contributed by atoms with E-state index in [-0.39, 0.29) is 5.97 Å². The van der Waals surface area contributed by atoms with Crippen LogP contribution in [0.5, 0.6) is 0 Å². The van der Waals surface area contributed by atoms with Crippen LogP contribution in [0.3, 0.4) is 0 Å². The topological polar surface area (TPSA) is 67.3 Å². The number of benzene rings is 2. The van der Waals surface area contributed by atoms with Gasteiger partial charge in [0.2, 0.25) is 0 Å². The van der Waals surface area contributed by atoms with Crippen LogP contribution in [-0.4, -0.2) is 29.1 Å². The molecule has 1 aliphatic rings. The van der Waals surface area contributed by atoms with Gasteiger partial charge in [0, 0.05) is 24.5 Å². The number of esters is 1. The molecule has 0 unspecified atom stereocenters. The molecule has 5 rings (SSSR count). The van der Waals surface area contributed by atoms with Gasteiger partial charge in [-0.05, 0) is 55.0 Å². The molecule has 0 aliphatic carbocycles. The van der Waals surface area contributed by atoms with Gasteiger partial charge < -0.3 is 15.0 Å². The minimum absolute atomic E-state index is 0.298. The number of ether oxygens (including phenoxy) is 1. The number of carbonyl (C=O) groups is 1. The van der Waals surface area contributed by atoms with E-state index in [4.69, 9.17) is 14.7 Å². The van der Waals surface area contributed by atoms with Crippen molar-refractivity contribution in [1.29, 1.82) is 0 Å². The van der Waals surface area contributed by atoms with Crippen LogP contribution in [0.25, 0.3) is 10.2 Å². The molecule has 0 fully saturated rings. The monoisotopic (exact) mass is 534 g/mol. The number of aryl methyl sites for hydroxylation is 1. The van der Waals surface area contributed by atoms with Crippen LogP contribution in [0, 0.1) is 0 Å². The van der Waals surface area contributed by atoms with Crippen LogP contribution in [0.1, 0.15) is 71.6 Å². The molecule has 4 aromatic rings. The number of rotatable bonds is 11. The summed E-state index contributed by atoms with van der Waals surface area (Å²) in [7, 11) is 0. The second-order valence-corrected chi connectivity index (χ2v) is 11.5. The Morgan fingerprint density at radius 2 is 1.95 bits per heavy atom. The summed E-state index contributed by atoms with van der Waals surface area (Å²) in [6.07, 6.45) is 6.51. The Kier molecular flexibility index (Phi) is 8.36. The Morgan fingerprint density at radius 1 is 1.05 bits per heavy atom. The standard InChI is InChI=1S/C29H34N4O2S2/c1-3-5-6-7-15-25-26(27(34)35-4-2)32-29(37-25)33-17-16-20-11-10-12-21(22(20)19-33)18-30-28-31-23-13-8-9-14-24(23)36-28/h8-14H,3-7,15-19H2,1-2H3,(H,30,31). The molecular formula is C29H34N4O2S2. The van der Waals surface area contributed by atoms with Crippen molar-refractivity contribution < 1.29 is 9.53 Å². The zero-order chi connectivity index (χ0) is 25.6. The molecule has 0 spiro atoms. The summed E-state index contributed by atoms with van der Waals surface area (Å²) >= 11 is 3.35. The molecule has 37 heavy (non-hydrogen) atoms. The molecule has 0 amide bonds. The molecule has 0 saturated heterocycles. The van der Waals surface area contributed by atoms with Crippen molar-refractivity contribution in [3.05, 3.63) is 69.7 Å². The number of thiazole rings is 2. The minimum Gasteiger partial charge on any atom is -0.461 e. The molecule has 1 aliphatic heterocycles. The van der Waals surface area contributed by atoms with Crippen LogP contribution in [0.15, 0.2) is 42.5 Å². The van der Waals surface area contributed by atoms with Crippen molar-refractivity contribution in [3.63, 3.8) is 0 Å². The number of aromatic nitrogens is 2. The number of hydrogen-bond acceptors (Lipinski definition) is 8. The van der Waals surface area contributed by atoms with Crippen LogP contribution in [-0.2, 0) is 30.7 Å². The SMILES string of the molecule is CCCCCCc1sc(N2CCc3cccc(CNc4nc5ccccc5s4)c3C2)nc1C(=O)OCC. The molecule has 8 heteroatoms. The predicted molar refractivity (Wildman–Crippen MR) is 154 cm³/mol. The molecule has 2 aromatic carbocycles. The highest BCUT2D eigenvalue weighted by atomic mass is 32.1. The third kappa shape index (κ3) is 5.96. The highest BCUT2D eigenvalue weighted by molar-refractivity contribution is 7.22. The summed E-state index contributed by atoms with van der Waals surface area (Å²) in [5.41, 5.74) is 5.56. The predicted octanol–water partition coefficient (Wildman–Crippen LogP) is 7.23. The van der Waals surface area contributed by atoms with Gasteiger partial charge in [0.15, 0.2) is 16.0 Å². The third-order valence-corrected chi connectivity index (χ3v) is 8.95. The van der Waals surface area contributed by atoms with Crippen LogP contribution in [0.4, 0.5) is 10.3 Å². The van der Waals surface area contributed by atoms with Gasteiger partial charge >= 0.3 is 5.97 Å². The highest BCUT2D eigenvalue weighted by Gasteiger charge is 2.25. The first kappa shape index (κ1) is 25.7. The number of nitrogens with zero attached hydrogens (tertiary/aromatic N) is 3. The number of para-hydroxylation sites is 1. The molecule has 3 heterocycles. The fourth-order valence-electron chi connectivity index (χ4n) is 4.81. The summed E-state index contributed by atoms with van der Waals surface area (Å²) in [6, 6.07) is 14.8. The first-order valence-corrected chi connectivity index (χ1v) is 14.9. The normalized spacial score (nSPS) is 13.1. The molecule has 0 radical (unpaired) electrons. The van der Waals surface area contributed by atoms with Gasteiger partial charge in [-0.3, -0.25) is 0 Å². The van der Waals surface area contributed by atoms with Crippen molar-refractivity contribution in [2.45, 2.75) is 65.5 Å².